The van der Waals surface area contributed by atoms with Crippen LogP contribution in [0.5, 0.6) is 17.2 Å². The van der Waals surface area contributed by atoms with Gasteiger partial charge in [0.05, 0.1) is 20.8 Å². The van der Waals surface area contributed by atoms with Crippen molar-refractivity contribution in [3.63, 3.8) is 0 Å². The molecule has 2 rings (SSSR count). The summed E-state index contributed by atoms with van der Waals surface area (Å²) in [4.78, 5) is 37.3. The van der Waals surface area contributed by atoms with Crippen LogP contribution in [0, 0.1) is 5.92 Å². The van der Waals surface area contributed by atoms with E-state index in [0.29, 0.717) is 29.4 Å². The molecule has 0 saturated heterocycles. The van der Waals surface area contributed by atoms with Gasteiger partial charge < -0.3 is 29.6 Å². The molecular formula is C25H32N2O7. The van der Waals surface area contributed by atoms with Crippen molar-refractivity contribution in [2.75, 3.05) is 27.4 Å². The Morgan fingerprint density at radius 2 is 1.62 bits per heavy atom. The third-order valence-electron chi connectivity index (χ3n) is 4.92. The third-order valence-corrected chi connectivity index (χ3v) is 4.92. The highest BCUT2D eigenvalue weighted by molar-refractivity contribution is 5.97. The molecule has 1 atom stereocenters. The maximum Gasteiger partial charge on any atom is 0.329 e. The van der Waals surface area contributed by atoms with Crippen LogP contribution in [0.25, 0.3) is 0 Å². The highest BCUT2D eigenvalue weighted by Crippen LogP contribution is 2.27. The predicted octanol–water partition coefficient (Wildman–Crippen LogP) is 2.72. The smallest absolute Gasteiger partial charge is 0.329 e. The Balaban J connectivity index is 1.87. The Hall–Kier alpha value is -3.75. The van der Waals surface area contributed by atoms with Crippen LogP contribution < -0.4 is 24.8 Å². The number of nitrogens with one attached hydrogen (secondary N) is 2. The van der Waals surface area contributed by atoms with E-state index in [4.69, 9.17) is 18.9 Å². The summed E-state index contributed by atoms with van der Waals surface area (Å²) in [6.45, 7) is 5.71. The van der Waals surface area contributed by atoms with Gasteiger partial charge in [0.15, 0.2) is 18.1 Å². The molecule has 2 N–H and O–H groups in total. The fraction of sp³-hybridized carbons (Fsp3) is 0.400. The van der Waals surface area contributed by atoms with E-state index in [-0.39, 0.29) is 12.5 Å². The van der Waals surface area contributed by atoms with Crippen molar-refractivity contribution in [2.45, 2.75) is 33.4 Å². The molecule has 0 aliphatic heterocycles. The summed E-state index contributed by atoms with van der Waals surface area (Å²) in [5, 5.41) is 5.36. The Morgan fingerprint density at radius 1 is 0.941 bits per heavy atom. The first kappa shape index (κ1) is 26.5. The largest absolute Gasteiger partial charge is 0.494 e. The minimum absolute atomic E-state index is 0.221. The van der Waals surface area contributed by atoms with Gasteiger partial charge in [0.1, 0.15) is 11.8 Å². The van der Waals surface area contributed by atoms with Gasteiger partial charge in [0, 0.05) is 12.1 Å². The van der Waals surface area contributed by atoms with Crippen molar-refractivity contribution >= 4 is 17.8 Å². The first-order chi connectivity index (χ1) is 16.3. The van der Waals surface area contributed by atoms with Crippen LogP contribution in [0.2, 0.25) is 0 Å². The summed E-state index contributed by atoms with van der Waals surface area (Å²) < 4.78 is 21.0. The highest BCUT2D eigenvalue weighted by Gasteiger charge is 2.26. The van der Waals surface area contributed by atoms with E-state index in [1.807, 2.05) is 6.92 Å². The molecule has 0 unspecified atom stereocenters. The van der Waals surface area contributed by atoms with Gasteiger partial charge in [0.25, 0.3) is 11.8 Å². The van der Waals surface area contributed by atoms with E-state index in [2.05, 4.69) is 10.6 Å². The Morgan fingerprint density at radius 3 is 2.21 bits per heavy atom. The summed E-state index contributed by atoms with van der Waals surface area (Å²) in [5.74, 6) is -0.0372. The summed E-state index contributed by atoms with van der Waals surface area (Å²) in [7, 11) is 3.07. The van der Waals surface area contributed by atoms with Gasteiger partial charge in [-0.1, -0.05) is 19.9 Å². The number of esters is 1. The molecule has 0 aromatic heterocycles. The van der Waals surface area contributed by atoms with Gasteiger partial charge in [0.2, 0.25) is 0 Å². The number of methoxy groups -OCH3 is 2. The average molecular weight is 473 g/mol. The first-order valence-corrected chi connectivity index (χ1v) is 11.0. The number of carbonyl (C=O) groups is 3. The maximum atomic E-state index is 12.6. The molecule has 0 aliphatic rings. The molecule has 0 saturated carbocycles. The van der Waals surface area contributed by atoms with E-state index in [0.717, 1.165) is 5.56 Å². The summed E-state index contributed by atoms with van der Waals surface area (Å²) in [6, 6.07) is 11.0. The van der Waals surface area contributed by atoms with Crippen molar-refractivity contribution in [1.29, 1.82) is 0 Å². The molecule has 184 valence electrons. The normalized spacial score (nSPS) is 11.4. The second-order valence-corrected chi connectivity index (χ2v) is 7.73. The van der Waals surface area contributed by atoms with Crippen molar-refractivity contribution in [3.8, 4) is 17.2 Å². The molecular weight excluding hydrogens is 440 g/mol. The second kappa shape index (κ2) is 13.1. The van der Waals surface area contributed by atoms with Crippen LogP contribution in [0.1, 0.15) is 36.7 Å². The quantitative estimate of drug-likeness (QED) is 0.457. The number of rotatable bonds is 12. The lowest BCUT2D eigenvalue weighted by Crippen LogP contribution is -2.46. The molecule has 0 radical (unpaired) electrons. The number of benzene rings is 2. The van der Waals surface area contributed by atoms with Gasteiger partial charge >= 0.3 is 5.97 Å². The van der Waals surface area contributed by atoms with E-state index in [1.54, 1.807) is 63.4 Å². The molecule has 0 bridgehead atoms. The fourth-order valence-corrected chi connectivity index (χ4v) is 3.06. The fourth-order valence-electron chi connectivity index (χ4n) is 3.06. The molecule has 0 heterocycles. The number of carbonyl (C=O) groups excluding carboxylic acids is 3. The lowest BCUT2D eigenvalue weighted by Gasteiger charge is -2.21. The highest BCUT2D eigenvalue weighted by atomic mass is 16.5. The van der Waals surface area contributed by atoms with Crippen molar-refractivity contribution < 1.29 is 33.3 Å². The van der Waals surface area contributed by atoms with E-state index >= 15 is 0 Å². The van der Waals surface area contributed by atoms with Gasteiger partial charge in [-0.25, -0.2) is 4.79 Å². The van der Waals surface area contributed by atoms with Crippen molar-refractivity contribution in [2.24, 2.45) is 5.92 Å². The average Bonchev–Trinajstić information content (AvgIpc) is 2.84. The number of amides is 2. The Labute approximate surface area is 199 Å². The van der Waals surface area contributed by atoms with E-state index in [9.17, 15) is 14.4 Å². The molecule has 9 nitrogen and oxygen atoms in total. The van der Waals surface area contributed by atoms with Crippen molar-refractivity contribution in [1.82, 2.24) is 10.6 Å². The lowest BCUT2D eigenvalue weighted by molar-refractivity contribution is -0.151. The van der Waals surface area contributed by atoms with Gasteiger partial charge in [-0.15, -0.1) is 0 Å². The molecule has 0 aliphatic carbocycles. The first-order valence-electron chi connectivity index (χ1n) is 11.0. The monoisotopic (exact) mass is 472 g/mol. The minimum Gasteiger partial charge on any atom is -0.494 e. The van der Waals surface area contributed by atoms with Crippen molar-refractivity contribution in [3.05, 3.63) is 53.6 Å². The van der Waals surface area contributed by atoms with E-state index in [1.165, 1.54) is 7.11 Å². The molecule has 0 fully saturated rings. The topological polar surface area (TPSA) is 112 Å². The number of hydrogen-bond acceptors (Lipinski definition) is 7. The summed E-state index contributed by atoms with van der Waals surface area (Å²) >= 11 is 0. The summed E-state index contributed by atoms with van der Waals surface area (Å²) in [5.41, 5.74) is 1.18. The summed E-state index contributed by atoms with van der Waals surface area (Å²) in [6.07, 6.45) is 0. The zero-order valence-electron chi connectivity index (χ0n) is 20.2. The molecule has 9 heteroatoms. The number of hydrogen-bond donors (Lipinski definition) is 2. The SMILES string of the molecule is CCOc1ccc(C(=O)N[C@H](C(=O)OCC(=O)NCc2ccc(OC)c(OC)c2)C(C)C)cc1. The van der Waals surface area contributed by atoms with Gasteiger partial charge in [-0.05, 0) is 54.8 Å². The zero-order chi connectivity index (χ0) is 25.1. The molecule has 2 aromatic rings. The minimum atomic E-state index is -0.905. The lowest BCUT2D eigenvalue weighted by atomic mass is 10.0. The maximum absolute atomic E-state index is 12.6. The van der Waals surface area contributed by atoms with Crippen LogP contribution >= 0.6 is 0 Å². The molecule has 0 spiro atoms. The van der Waals surface area contributed by atoms with Crippen LogP contribution in [0.4, 0.5) is 0 Å². The van der Waals surface area contributed by atoms with Crippen LogP contribution in [-0.2, 0) is 20.9 Å². The van der Waals surface area contributed by atoms with Crippen LogP contribution in [0.3, 0.4) is 0 Å². The third kappa shape index (κ3) is 7.68. The predicted molar refractivity (Wildman–Crippen MR) is 126 cm³/mol. The second-order valence-electron chi connectivity index (χ2n) is 7.73. The van der Waals surface area contributed by atoms with Gasteiger partial charge in [-0.3, -0.25) is 9.59 Å². The molecule has 2 amide bonds. The Bertz CT molecular complexity index is 974. The van der Waals surface area contributed by atoms with Crippen LogP contribution in [-0.4, -0.2) is 51.3 Å². The van der Waals surface area contributed by atoms with E-state index < -0.39 is 30.4 Å². The van der Waals surface area contributed by atoms with Gasteiger partial charge in [-0.2, -0.15) is 0 Å². The zero-order valence-corrected chi connectivity index (χ0v) is 20.2. The van der Waals surface area contributed by atoms with Crippen LogP contribution in [0.15, 0.2) is 42.5 Å². The Kier molecular flexibility index (Phi) is 10.2. The molecule has 34 heavy (non-hydrogen) atoms. The molecule has 2 aromatic carbocycles. The standard InChI is InChI=1S/C25H32N2O7/c1-6-33-19-10-8-18(9-11-19)24(29)27-23(16(2)3)25(30)34-15-22(28)26-14-17-7-12-20(31-4)21(13-17)32-5/h7-13,16,23H,6,14-15H2,1-5H3,(H,26,28)(H,27,29)/t23-/m0/s1. The number of ether oxygens (including phenoxy) is 4.